The number of rotatable bonds is 4. The fraction of sp³-hybridized carbons (Fsp3) is 0.235. The molecule has 1 N–H and O–H groups in total. The third kappa shape index (κ3) is 3.60. The fourth-order valence-corrected chi connectivity index (χ4v) is 1.82. The summed E-state index contributed by atoms with van der Waals surface area (Å²) in [5.74, 6) is 0.544. The maximum Gasteiger partial charge on any atom is 0.265 e. The van der Waals surface area contributed by atoms with E-state index >= 15 is 0 Å². The van der Waals surface area contributed by atoms with Crippen molar-refractivity contribution < 1.29 is 9.53 Å². The molecule has 0 aliphatic rings. The van der Waals surface area contributed by atoms with Gasteiger partial charge in [0.1, 0.15) is 5.75 Å². The number of hydrogen-bond donors (Lipinski definition) is 1. The molecule has 0 bridgehead atoms. The van der Waals surface area contributed by atoms with Gasteiger partial charge in [-0.25, -0.2) is 0 Å². The number of carbonyl (C=O) groups excluding carboxylic acids is 1. The number of aryl methyl sites for hydroxylation is 2. The molecule has 0 saturated carbocycles. The summed E-state index contributed by atoms with van der Waals surface area (Å²) in [6, 6.07) is 15.3. The molecule has 1 atom stereocenters. The molecule has 1 amide bonds. The Bertz CT molecular complexity index is 590. The predicted octanol–water partition coefficient (Wildman–Crippen LogP) is 3.71. The highest BCUT2D eigenvalue weighted by molar-refractivity contribution is 5.94. The Morgan fingerprint density at radius 1 is 1.05 bits per heavy atom. The average Bonchev–Trinajstić information content (AvgIpc) is 2.44. The predicted molar refractivity (Wildman–Crippen MR) is 81.1 cm³/mol. The van der Waals surface area contributed by atoms with E-state index in [-0.39, 0.29) is 5.91 Å². The first-order valence-corrected chi connectivity index (χ1v) is 6.66. The third-order valence-electron chi connectivity index (χ3n) is 3.11. The lowest BCUT2D eigenvalue weighted by atomic mass is 10.2. The Labute approximate surface area is 119 Å². The van der Waals surface area contributed by atoms with Gasteiger partial charge in [0.25, 0.3) is 5.91 Å². The van der Waals surface area contributed by atoms with E-state index in [0.29, 0.717) is 5.75 Å². The van der Waals surface area contributed by atoms with Crippen molar-refractivity contribution >= 4 is 11.6 Å². The highest BCUT2D eigenvalue weighted by atomic mass is 16.5. The summed E-state index contributed by atoms with van der Waals surface area (Å²) >= 11 is 0. The Morgan fingerprint density at radius 3 is 2.35 bits per heavy atom. The minimum Gasteiger partial charge on any atom is -0.481 e. The summed E-state index contributed by atoms with van der Waals surface area (Å²) in [5, 5.41) is 2.88. The molecule has 20 heavy (non-hydrogen) atoms. The standard InChI is InChI=1S/C17H19NO2/c1-12-8-10-15(11-9-12)20-14(3)17(19)18-16-7-5-4-6-13(16)2/h4-11,14H,1-3H3,(H,18,19)/t14-/m0/s1. The molecule has 0 aliphatic heterocycles. The molecule has 0 heterocycles. The zero-order chi connectivity index (χ0) is 14.5. The van der Waals surface area contributed by atoms with Crippen LogP contribution in [0.4, 0.5) is 5.69 Å². The van der Waals surface area contributed by atoms with Crippen LogP contribution in [0.15, 0.2) is 48.5 Å². The minimum absolute atomic E-state index is 0.153. The Balaban J connectivity index is 1.99. The van der Waals surface area contributed by atoms with Crippen LogP contribution in [0.25, 0.3) is 0 Å². The number of para-hydroxylation sites is 1. The van der Waals surface area contributed by atoms with Gasteiger partial charge in [0, 0.05) is 5.69 Å². The molecule has 0 saturated heterocycles. The molecule has 0 fully saturated rings. The zero-order valence-corrected chi connectivity index (χ0v) is 12.0. The number of ether oxygens (including phenoxy) is 1. The van der Waals surface area contributed by atoms with Crippen LogP contribution in [0.1, 0.15) is 18.1 Å². The number of amides is 1. The van der Waals surface area contributed by atoms with E-state index in [0.717, 1.165) is 16.8 Å². The monoisotopic (exact) mass is 269 g/mol. The molecule has 3 heteroatoms. The Morgan fingerprint density at radius 2 is 1.70 bits per heavy atom. The van der Waals surface area contributed by atoms with Crippen molar-refractivity contribution in [2.75, 3.05) is 5.32 Å². The number of benzene rings is 2. The van der Waals surface area contributed by atoms with Gasteiger partial charge >= 0.3 is 0 Å². The summed E-state index contributed by atoms with van der Waals surface area (Å²) in [4.78, 5) is 12.1. The van der Waals surface area contributed by atoms with Gasteiger partial charge < -0.3 is 10.1 Å². The van der Waals surface area contributed by atoms with Crippen LogP contribution in [-0.2, 0) is 4.79 Å². The van der Waals surface area contributed by atoms with Gasteiger partial charge in [0.2, 0.25) is 0 Å². The molecule has 2 aromatic carbocycles. The van der Waals surface area contributed by atoms with Crippen molar-refractivity contribution in [3.8, 4) is 5.75 Å². The lowest BCUT2D eigenvalue weighted by Gasteiger charge is -2.15. The quantitative estimate of drug-likeness (QED) is 0.919. The van der Waals surface area contributed by atoms with Gasteiger partial charge in [0.15, 0.2) is 6.10 Å². The second-order valence-corrected chi connectivity index (χ2v) is 4.88. The molecular formula is C17H19NO2. The van der Waals surface area contributed by atoms with E-state index in [9.17, 15) is 4.79 Å². The normalized spacial score (nSPS) is 11.8. The van der Waals surface area contributed by atoms with E-state index in [2.05, 4.69) is 5.32 Å². The highest BCUT2D eigenvalue weighted by Gasteiger charge is 2.15. The van der Waals surface area contributed by atoms with Crippen LogP contribution in [0.2, 0.25) is 0 Å². The smallest absolute Gasteiger partial charge is 0.265 e. The Kier molecular flexibility index (Phi) is 4.41. The van der Waals surface area contributed by atoms with E-state index < -0.39 is 6.10 Å². The van der Waals surface area contributed by atoms with Crippen LogP contribution in [0.5, 0.6) is 5.75 Å². The van der Waals surface area contributed by atoms with Crippen LogP contribution in [0.3, 0.4) is 0 Å². The molecule has 2 aromatic rings. The molecule has 0 aromatic heterocycles. The molecular weight excluding hydrogens is 250 g/mol. The van der Waals surface area contributed by atoms with Gasteiger partial charge in [-0.2, -0.15) is 0 Å². The summed E-state index contributed by atoms with van der Waals surface area (Å²) in [6.07, 6.45) is -0.544. The maximum atomic E-state index is 12.1. The molecule has 3 nitrogen and oxygen atoms in total. The first-order chi connectivity index (χ1) is 9.56. The van der Waals surface area contributed by atoms with E-state index in [4.69, 9.17) is 4.74 Å². The summed E-state index contributed by atoms with van der Waals surface area (Å²) in [6.45, 7) is 5.71. The SMILES string of the molecule is Cc1ccc(O[C@@H](C)C(=O)Nc2ccccc2C)cc1. The lowest BCUT2D eigenvalue weighted by molar-refractivity contribution is -0.122. The van der Waals surface area contributed by atoms with Gasteiger partial charge in [0.05, 0.1) is 0 Å². The summed E-state index contributed by atoms with van der Waals surface area (Å²) in [5.41, 5.74) is 3.01. The molecule has 0 unspecified atom stereocenters. The van der Waals surface area contributed by atoms with Gasteiger partial charge in [-0.15, -0.1) is 0 Å². The third-order valence-corrected chi connectivity index (χ3v) is 3.11. The number of anilines is 1. The van der Waals surface area contributed by atoms with E-state index in [1.165, 1.54) is 0 Å². The molecule has 0 spiro atoms. The molecule has 0 aliphatic carbocycles. The lowest BCUT2D eigenvalue weighted by Crippen LogP contribution is -2.30. The van der Waals surface area contributed by atoms with Crippen molar-refractivity contribution in [3.63, 3.8) is 0 Å². The van der Waals surface area contributed by atoms with Crippen molar-refractivity contribution in [1.29, 1.82) is 0 Å². The molecule has 104 valence electrons. The number of nitrogens with one attached hydrogen (secondary N) is 1. The van der Waals surface area contributed by atoms with Crippen LogP contribution in [0, 0.1) is 13.8 Å². The molecule has 0 radical (unpaired) electrons. The van der Waals surface area contributed by atoms with E-state index in [1.54, 1.807) is 6.92 Å². The molecule has 2 rings (SSSR count). The second-order valence-electron chi connectivity index (χ2n) is 4.88. The summed E-state index contributed by atoms with van der Waals surface area (Å²) in [7, 11) is 0. The van der Waals surface area contributed by atoms with Crippen LogP contribution >= 0.6 is 0 Å². The first-order valence-electron chi connectivity index (χ1n) is 6.66. The van der Waals surface area contributed by atoms with Crippen LogP contribution < -0.4 is 10.1 Å². The topological polar surface area (TPSA) is 38.3 Å². The number of carbonyl (C=O) groups is 1. The highest BCUT2D eigenvalue weighted by Crippen LogP contribution is 2.16. The second kappa shape index (κ2) is 6.24. The first kappa shape index (κ1) is 14.1. The minimum atomic E-state index is -0.544. The fourth-order valence-electron chi connectivity index (χ4n) is 1.82. The average molecular weight is 269 g/mol. The number of hydrogen-bond acceptors (Lipinski definition) is 2. The van der Waals surface area contributed by atoms with Crippen molar-refractivity contribution in [2.45, 2.75) is 26.9 Å². The van der Waals surface area contributed by atoms with Crippen molar-refractivity contribution in [2.24, 2.45) is 0 Å². The van der Waals surface area contributed by atoms with Gasteiger partial charge in [-0.05, 0) is 44.5 Å². The van der Waals surface area contributed by atoms with Crippen molar-refractivity contribution in [3.05, 3.63) is 59.7 Å². The van der Waals surface area contributed by atoms with Crippen molar-refractivity contribution in [1.82, 2.24) is 0 Å². The van der Waals surface area contributed by atoms with Crippen LogP contribution in [-0.4, -0.2) is 12.0 Å². The Hall–Kier alpha value is -2.29. The largest absolute Gasteiger partial charge is 0.481 e. The van der Waals surface area contributed by atoms with Gasteiger partial charge in [-0.1, -0.05) is 35.9 Å². The zero-order valence-electron chi connectivity index (χ0n) is 12.0. The van der Waals surface area contributed by atoms with Gasteiger partial charge in [-0.3, -0.25) is 4.79 Å². The summed E-state index contributed by atoms with van der Waals surface area (Å²) < 4.78 is 5.63. The van der Waals surface area contributed by atoms with E-state index in [1.807, 2.05) is 62.4 Å². The maximum absolute atomic E-state index is 12.1.